The van der Waals surface area contributed by atoms with Crippen LogP contribution < -0.4 is 5.32 Å². The van der Waals surface area contributed by atoms with Crippen LogP contribution in [0.15, 0.2) is 35.9 Å². The lowest BCUT2D eigenvalue weighted by atomic mass is 10.1. The first kappa shape index (κ1) is 13.7. The first-order valence-electron chi connectivity index (χ1n) is 6.15. The summed E-state index contributed by atoms with van der Waals surface area (Å²) in [6.07, 6.45) is 2.62. The summed E-state index contributed by atoms with van der Waals surface area (Å²) in [5.74, 6) is 0.174. The SMILES string of the molecule is CCc1ccc(NC(=O)CN2C=CSCC2=O)cc1. The molecular weight excluding hydrogens is 260 g/mol. The van der Waals surface area contributed by atoms with Gasteiger partial charge in [-0.2, -0.15) is 0 Å². The average Bonchev–Trinajstić information content (AvgIpc) is 2.42. The number of carbonyl (C=O) groups is 2. The van der Waals surface area contributed by atoms with Crippen molar-refractivity contribution in [3.63, 3.8) is 0 Å². The summed E-state index contributed by atoms with van der Waals surface area (Å²) < 4.78 is 0. The summed E-state index contributed by atoms with van der Waals surface area (Å²) in [6.45, 7) is 2.14. The number of hydrogen-bond donors (Lipinski definition) is 1. The molecular formula is C14H16N2O2S. The molecule has 100 valence electrons. The molecule has 0 aliphatic carbocycles. The smallest absolute Gasteiger partial charge is 0.244 e. The van der Waals surface area contributed by atoms with E-state index in [1.165, 1.54) is 22.2 Å². The predicted octanol–water partition coefficient (Wildman–Crippen LogP) is 2.23. The Balaban J connectivity index is 1.91. The molecule has 0 unspecified atom stereocenters. The number of nitrogens with one attached hydrogen (secondary N) is 1. The Morgan fingerprint density at radius 3 is 2.74 bits per heavy atom. The Hall–Kier alpha value is -1.75. The Kier molecular flexibility index (Phi) is 4.63. The second-order valence-electron chi connectivity index (χ2n) is 4.22. The molecule has 1 aliphatic rings. The molecule has 1 aromatic carbocycles. The summed E-state index contributed by atoms with van der Waals surface area (Å²) in [6, 6.07) is 7.72. The largest absolute Gasteiger partial charge is 0.325 e. The number of nitrogens with zero attached hydrogens (tertiary/aromatic N) is 1. The van der Waals surface area contributed by atoms with Crippen LogP contribution in [-0.2, 0) is 16.0 Å². The number of rotatable bonds is 4. The highest BCUT2D eigenvalue weighted by Gasteiger charge is 2.17. The fourth-order valence-electron chi connectivity index (χ4n) is 1.72. The fourth-order valence-corrected chi connectivity index (χ4v) is 2.36. The lowest BCUT2D eigenvalue weighted by Gasteiger charge is -2.20. The van der Waals surface area contributed by atoms with Crippen LogP contribution in [0.1, 0.15) is 12.5 Å². The first-order chi connectivity index (χ1) is 9.19. The van der Waals surface area contributed by atoms with E-state index in [1.54, 1.807) is 6.20 Å². The van der Waals surface area contributed by atoms with Crippen molar-refractivity contribution in [1.82, 2.24) is 4.90 Å². The van der Waals surface area contributed by atoms with E-state index in [0.29, 0.717) is 5.75 Å². The maximum atomic E-state index is 11.8. The summed E-state index contributed by atoms with van der Waals surface area (Å²) in [5, 5.41) is 4.61. The molecule has 4 nitrogen and oxygen atoms in total. The standard InChI is InChI=1S/C14H16N2O2S/c1-2-11-3-5-12(6-4-11)15-13(17)9-16-7-8-19-10-14(16)18/h3-8H,2,9-10H2,1H3,(H,15,17). The first-order valence-corrected chi connectivity index (χ1v) is 7.20. The Labute approximate surface area is 116 Å². The molecule has 2 rings (SSSR count). The third kappa shape index (κ3) is 3.86. The minimum atomic E-state index is -0.186. The second kappa shape index (κ2) is 6.43. The topological polar surface area (TPSA) is 49.4 Å². The van der Waals surface area contributed by atoms with Gasteiger partial charge in [-0.1, -0.05) is 19.1 Å². The van der Waals surface area contributed by atoms with Crippen molar-refractivity contribution in [2.24, 2.45) is 0 Å². The van der Waals surface area contributed by atoms with Gasteiger partial charge in [0.05, 0.1) is 5.75 Å². The molecule has 1 N–H and O–H groups in total. The van der Waals surface area contributed by atoms with Crippen molar-refractivity contribution in [2.45, 2.75) is 13.3 Å². The van der Waals surface area contributed by atoms with Crippen molar-refractivity contribution in [3.05, 3.63) is 41.4 Å². The van der Waals surface area contributed by atoms with Crippen LogP contribution in [0.5, 0.6) is 0 Å². The number of benzene rings is 1. The quantitative estimate of drug-likeness (QED) is 0.917. The summed E-state index contributed by atoms with van der Waals surface area (Å²) in [7, 11) is 0. The summed E-state index contributed by atoms with van der Waals surface area (Å²) in [4.78, 5) is 24.8. The molecule has 19 heavy (non-hydrogen) atoms. The van der Waals surface area contributed by atoms with Crippen LogP contribution in [0.2, 0.25) is 0 Å². The number of aryl methyl sites for hydroxylation is 1. The maximum absolute atomic E-state index is 11.8. The van der Waals surface area contributed by atoms with Crippen LogP contribution in [0.25, 0.3) is 0 Å². The molecule has 1 heterocycles. The normalized spacial score (nSPS) is 14.6. The van der Waals surface area contributed by atoms with E-state index < -0.39 is 0 Å². The van der Waals surface area contributed by atoms with Gasteiger partial charge in [-0.05, 0) is 29.5 Å². The zero-order valence-electron chi connectivity index (χ0n) is 10.8. The zero-order valence-corrected chi connectivity index (χ0v) is 11.6. The molecule has 1 aliphatic heterocycles. The molecule has 0 spiro atoms. The van der Waals surface area contributed by atoms with Gasteiger partial charge in [0, 0.05) is 11.9 Å². The molecule has 0 atom stereocenters. The van der Waals surface area contributed by atoms with Crippen molar-refractivity contribution < 1.29 is 9.59 Å². The van der Waals surface area contributed by atoms with Crippen molar-refractivity contribution in [3.8, 4) is 0 Å². The molecule has 2 amide bonds. The Morgan fingerprint density at radius 1 is 1.37 bits per heavy atom. The van der Waals surface area contributed by atoms with E-state index in [0.717, 1.165) is 12.1 Å². The van der Waals surface area contributed by atoms with E-state index in [-0.39, 0.29) is 18.4 Å². The molecule has 0 aromatic heterocycles. The maximum Gasteiger partial charge on any atom is 0.244 e. The molecule has 5 heteroatoms. The lowest BCUT2D eigenvalue weighted by Crippen LogP contribution is -2.36. The van der Waals surface area contributed by atoms with Gasteiger partial charge in [0.1, 0.15) is 6.54 Å². The summed E-state index contributed by atoms with van der Waals surface area (Å²) >= 11 is 1.44. The number of anilines is 1. The van der Waals surface area contributed by atoms with Gasteiger partial charge in [-0.15, -0.1) is 11.8 Å². The van der Waals surface area contributed by atoms with Crippen LogP contribution in [0.4, 0.5) is 5.69 Å². The predicted molar refractivity (Wildman–Crippen MR) is 77.8 cm³/mol. The average molecular weight is 276 g/mol. The van der Waals surface area contributed by atoms with E-state index in [1.807, 2.05) is 29.7 Å². The van der Waals surface area contributed by atoms with E-state index >= 15 is 0 Å². The van der Waals surface area contributed by atoms with E-state index in [2.05, 4.69) is 12.2 Å². The third-order valence-electron chi connectivity index (χ3n) is 2.82. The van der Waals surface area contributed by atoms with Crippen molar-refractivity contribution in [1.29, 1.82) is 0 Å². The van der Waals surface area contributed by atoms with Gasteiger partial charge >= 0.3 is 0 Å². The monoisotopic (exact) mass is 276 g/mol. The Morgan fingerprint density at radius 2 is 2.11 bits per heavy atom. The number of hydrogen-bond acceptors (Lipinski definition) is 3. The molecule has 0 bridgehead atoms. The van der Waals surface area contributed by atoms with Gasteiger partial charge in [-0.3, -0.25) is 9.59 Å². The fraction of sp³-hybridized carbons (Fsp3) is 0.286. The van der Waals surface area contributed by atoms with Gasteiger partial charge < -0.3 is 10.2 Å². The van der Waals surface area contributed by atoms with Gasteiger partial charge in [0.15, 0.2) is 0 Å². The zero-order chi connectivity index (χ0) is 13.7. The van der Waals surface area contributed by atoms with Gasteiger partial charge in [-0.25, -0.2) is 0 Å². The molecule has 1 aromatic rings. The number of amides is 2. The highest BCUT2D eigenvalue weighted by molar-refractivity contribution is 8.02. The lowest BCUT2D eigenvalue weighted by molar-refractivity contribution is -0.129. The van der Waals surface area contributed by atoms with Gasteiger partial charge in [0.25, 0.3) is 0 Å². The minimum Gasteiger partial charge on any atom is -0.325 e. The molecule has 0 fully saturated rings. The van der Waals surface area contributed by atoms with Crippen LogP contribution in [-0.4, -0.2) is 29.0 Å². The Bertz CT molecular complexity index is 497. The van der Waals surface area contributed by atoms with E-state index in [9.17, 15) is 9.59 Å². The molecule has 0 saturated heterocycles. The van der Waals surface area contributed by atoms with Crippen LogP contribution in [0.3, 0.4) is 0 Å². The van der Waals surface area contributed by atoms with Crippen molar-refractivity contribution >= 4 is 29.3 Å². The van der Waals surface area contributed by atoms with Crippen LogP contribution in [0, 0.1) is 0 Å². The third-order valence-corrected chi connectivity index (χ3v) is 3.55. The van der Waals surface area contributed by atoms with Gasteiger partial charge in [0.2, 0.25) is 11.8 Å². The van der Waals surface area contributed by atoms with E-state index in [4.69, 9.17) is 0 Å². The van der Waals surface area contributed by atoms with Crippen molar-refractivity contribution in [2.75, 3.05) is 17.6 Å². The summed E-state index contributed by atoms with van der Waals surface area (Å²) in [5.41, 5.74) is 1.98. The minimum absolute atomic E-state index is 0.0380. The van der Waals surface area contributed by atoms with Crippen LogP contribution >= 0.6 is 11.8 Å². The number of carbonyl (C=O) groups excluding carboxylic acids is 2. The highest BCUT2D eigenvalue weighted by Crippen LogP contribution is 2.13. The number of thioether (sulfide) groups is 1. The molecule has 0 radical (unpaired) electrons. The molecule has 0 saturated carbocycles. The second-order valence-corrected chi connectivity index (χ2v) is 5.11. The highest BCUT2D eigenvalue weighted by atomic mass is 32.2.